The molecule has 0 unspecified atom stereocenters. The van der Waals surface area contributed by atoms with Crippen LogP contribution < -0.4 is 10.6 Å². The van der Waals surface area contributed by atoms with Gasteiger partial charge in [-0.2, -0.15) is 0 Å². The number of hydrogen-bond acceptors (Lipinski definition) is 3. The van der Waals surface area contributed by atoms with E-state index in [2.05, 4.69) is 60.6 Å². The highest BCUT2D eigenvalue weighted by atomic mass is 16.2. The van der Waals surface area contributed by atoms with Crippen LogP contribution >= 0.6 is 0 Å². The fraction of sp³-hybridized carbons (Fsp3) is 0.750. The number of amides is 2. The Morgan fingerprint density at radius 1 is 0.690 bits per heavy atom. The molecule has 0 aromatic heterocycles. The molecule has 0 atom stereocenters. The van der Waals surface area contributed by atoms with E-state index in [-0.39, 0.29) is 11.8 Å². The fourth-order valence-corrected chi connectivity index (χ4v) is 3.00. The van der Waals surface area contributed by atoms with E-state index >= 15 is 0 Å². The second-order valence-corrected chi connectivity index (χ2v) is 7.39. The summed E-state index contributed by atoms with van der Waals surface area (Å²) in [6, 6.07) is 0. The molecule has 0 rings (SSSR count). The summed E-state index contributed by atoms with van der Waals surface area (Å²) in [5.41, 5.74) is 0. The third kappa shape index (κ3) is 19.5. The normalized spacial score (nSPS) is 11.6. The Morgan fingerprint density at radius 2 is 1.14 bits per heavy atom. The molecule has 0 heterocycles. The van der Waals surface area contributed by atoms with Crippen molar-refractivity contribution in [2.45, 2.75) is 85.0 Å². The van der Waals surface area contributed by atoms with Gasteiger partial charge in [0.25, 0.3) is 0 Å². The average Bonchev–Trinajstić information content (AvgIpc) is 2.72. The summed E-state index contributed by atoms with van der Waals surface area (Å²) in [6.07, 6.45) is 17.7. The monoisotopic (exact) mass is 407 g/mol. The highest BCUT2D eigenvalue weighted by molar-refractivity contribution is 5.76. The standard InChI is InChI=1S/C24H45N3O2/c1-4-7-9-11-13-17-23(28)25-19-15-21-27(6-3)22-16-20-26-24(29)18-14-12-10-8-5-2/h7-10H,4-6,11-22H2,1-3H3,(H,25,28)(H,26,29)/b9-7+,10-8+. The topological polar surface area (TPSA) is 61.4 Å². The number of nitrogens with zero attached hydrogens (tertiary/aromatic N) is 1. The molecule has 2 N–H and O–H groups in total. The molecule has 0 fully saturated rings. The Hall–Kier alpha value is -1.62. The van der Waals surface area contributed by atoms with Crippen molar-refractivity contribution in [1.29, 1.82) is 0 Å². The zero-order valence-electron chi connectivity index (χ0n) is 19.2. The van der Waals surface area contributed by atoms with Crippen LogP contribution in [0, 0.1) is 0 Å². The van der Waals surface area contributed by atoms with Gasteiger partial charge in [-0.1, -0.05) is 45.1 Å². The Bertz CT molecular complexity index is 421. The maximum atomic E-state index is 11.8. The van der Waals surface area contributed by atoms with E-state index in [0.717, 1.165) is 84.1 Å². The van der Waals surface area contributed by atoms with Crippen molar-refractivity contribution < 1.29 is 9.59 Å². The highest BCUT2D eigenvalue weighted by Gasteiger charge is 2.05. The van der Waals surface area contributed by atoms with Crippen molar-refractivity contribution in [2.75, 3.05) is 32.7 Å². The lowest BCUT2D eigenvalue weighted by Crippen LogP contribution is -2.32. The van der Waals surface area contributed by atoms with Gasteiger partial charge in [-0.3, -0.25) is 9.59 Å². The van der Waals surface area contributed by atoms with E-state index in [0.29, 0.717) is 12.8 Å². The first kappa shape index (κ1) is 27.4. The van der Waals surface area contributed by atoms with E-state index in [1.807, 2.05) is 0 Å². The first-order valence-corrected chi connectivity index (χ1v) is 11.7. The summed E-state index contributed by atoms with van der Waals surface area (Å²) < 4.78 is 0. The van der Waals surface area contributed by atoms with E-state index in [9.17, 15) is 9.59 Å². The maximum absolute atomic E-state index is 11.8. The molecule has 0 aromatic carbocycles. The van der Waals surface area contributed by atoms with E-state index < -0.39 is 0 Å². The van der Waals surface area contributed by atoms with E-state index in [1.165, 1.54) is 0 Å². The summed E-state index contributed by atoms with van der Waals surface area (Å²) in [7, 11) is 0. The summed E-state index contributed by atoms with van der Waals surface area (Å²) in [6.45, 7) is 10.8. The smallest absolute Gasteiger partial charge is 0.220 e. The van der Waals surface area contributed by atoms with Crippen molar-refractivity contribution >= 4 is 11.8 Å². The lowest BCUT2D eigenvalue weighted by molar-refractivity contribution is -0.122. The largest absolute Gasteiger partial charge is 0.356 e. The average molecular weight is 408 g/mol. The molecule has 0 aromatic rings. The van der Waals surface area contributed by atoms with Gasteiger partial charge in [-0.25, -0.2) is 0 Å². The van der Waals surface area contributed by atoms with Crippen LogP contribution in [0.1, 0.15) is 85.0 Å². The van der Waals surface area contributed by atoms with Crippen molar-refractivity contribution in [3.63, 3.8) is 0 Å². The predicted molar refractivity (Wildman–Crippen MR) is 124 cm³/mol. The van der Waals surface area contributed by atoms with Gasteiger partial charge in [-0.15, -0.1) is 0 Å². The third-order valence-electron chi connectivity index (χ3n) is 4.75. The van der Waals surface area contributed by atoms with Gasteiger partial charge >= 0.3 is 0 Å². The molecular formula is C24H45N3O2. The molecule has 0 aliphatic heterocycles. The SMILES string of the molecule is CC/C=C/CCCC(=O)NCCCN(CC)CCCNC(=O)CCC/C=C/CC. The first-order valence-electron chi connectivity index (χ1n) is 11.7. The molecule has 0 aliphatic carbocycles. The second kappa shape index (κ2) is 21.1. The molecule has 0 saturated carbocycles. The van der Waals surface area contributed by atoms with Gasteiger partial charge < -0.3 is 15.5 Å². The number of carbonyl (C=O) groups excluding carboxylic acids is 2. The third-order valence-corrected chi connectivity index (χ3v) is 4.75. The minimum atomic E-state index is 0.158. The van der Waals surface area contributed by atoms with E-state index in [1.54, 1.807) is 0 Å². The number of unbranched alkanes of at least 4 members (excludes halogenated alkanes) is 2. The molecule has 0 bridgehead atoms. The van der Waals surface area contributed by atoms with Crippen molar-refractivity contribution in [3.05, 3.63) is 24.3 Å². The van der Waals surface area contributed by atoms with Crippen LogP contribution in [-0.2, 0) is 9.59 Å². The van der Waals surface area contributed by atoms with Crippen LogP contribution in [0.3, 0.4) is 0 Å². The van der Waals surface area contributed by atoms with Crippen LogP contribution in [0.25, 0.3) is 0 Å². The van der Waals surface area contributed by atoms with E-state index in [4.69, 9.17) is 0 Å². The van der Waals surface area contributed by atoms with Crippen LogP contribution in [0.2, 0.25) is 0 Å². The lowest BCUT2D eigenvalue weighted by Gasteiger charge is -2.20. The highest BCUT2D eigenvalue weighted by Crippen LogP contribution is 1.99. The number of carbonyl (C=O) groups is 2. The summed E-state index contributed by atoms with van der Waals surface area (Å²) in [4.78, 5) is 26.0. The van der Waals surface area contributed by atoms with Gasteiger partial charge in [0.1, 0.15) is 0 Å². The number of nitrogens with one attached hydrogen (secondary N) is 2. The molecule has 0 spiro atoms. The Labute approximate surface area is 179 Å². The molecule has 5 nitrogen and oxygen atoms in total. The van der Waals surface area contributed by atoms with Crippen molar-refractivity contribution in [1.82, 2.24) is 15.5 Å². The van der Waals surface area contributed by atoms with Crippen LogP contribution in [-0.4, -0.2) is 49.4 Å². The van der Waals surface area contributed by atoms with Gasteiger partial charge in [0.2, 0.25) is 11.8 Å². The maximum Gasteiger partial charge on any atom is 0.220 e. The van der Waals surface area contributed by atoms with Crippen molar-refractivity contribution in [3.8, 4) is 0 Å². The number of allylic oxidation sites excluding steroid dienone is 4. The molecule has 0 aliphatic rings. The van der Waals surface area contributed by atoms with Gasteiger partial charge in [0.05, 0.1) is 0 Å². The predicted octanol–water partition coefficient (Wildman–Crippen LogP) is 4.59. The molecular weight excluding hydrogens is 362 g/mol. The van der Waals surface area contributed by atoms with Gasteiger partial charge in [0, 0.05) is 25.9 Å². The fourth-order valence-electron chi connectivity index (χ4n) is 3.00. The van der Waals surface area contributed by atoms with Crippen molar-refractivity contribution in [2.24, 2.45) is 0 Å². The minimum absolute atomic E-state index is 0.158. The van der Waals surface area contributed by atoms with Crippen LogP contribution in [0.5, 0.6) is 0 Å². The number of hydrogen-bond donors (Lipinski definition) is 2. The molecule has 168 valence electrons. The van der Waals surface area contributed by atoms with Crippen LogP contribution in [0.4, 0.5) is 0 Å². The zero-order valence-corrected chi connectivity index (χ0v) is 19.2. The molecule has 0 radical (unpaired) electrons. The summed E-state index contributed by atoms with van der Waals surface area (Å²) in [5.74, 6) is 0.316. The lowest BCUT2D eigenvalue weighted by atomic mass is 10.2. The van der Waals surface area contributed by atoms with Gasteiger partial charge in [-0.05, 0) is 71.0 Å². The summed E-state index contributed by atoms with van der Waals surface area (Å²) in [5, 5.41) is 6.03. The van der Waals surface area contributed by atoms with Gasteiger partial charge in [0.15, 0.2) is 0 Å². The van der Waals surface area contributed by atoms with Crippen LogP contribution in [0.15, 0.2) is 24.3 Å². The minimum Gasteiger partial charge on any atom is -0.356 e. The molecule has 29 heavy (non-hydrogen) atoms. The second-order valence-electron chi connectivity index (χ2n) is 7.39. The number of rotatable bonds is 19. The first-order chi connectivity index (χ1) is 14.1. The quantitative estimate of drug-likeness (QED) is 0.243. The molecule has 2 amide bonds. The Morgan fingerprint density at radius 3 is 1.52 bits per heavy atom. The zero-order chi connectivity index (χ0) is 21.6. The Balaban J connectivity index is 3.64. The molecule has 0 saturated heterocycles. The molecule has 5 heteroatoms. The summed E-state index contributed by atoms with van der Waals surface area (Å²) >= 11 is 0. The Kier molecular flexibility index (Phi) is 19.9.